The van der Waals surface area contributed by atoms with Gasteiger partial charge >= 0.3 is 12.0 Å². The lowest BCUT2D eigenvalue weighted by atomic mass is 9.93. The summed E-state index contributed by atoms with van der Waals surface area (Å²) in [6, 6.07) is -0.502. The van der Waals surface area contributed by atoms with Crippen LogP contribution < -0.4 is 11.1 Å². The van der Waals surface area contributed by atoms with E-state index in [1.807, 2.05) is 0 Å². The molecule has 1 rings (SSSR count). The van der Waals surface area contributed by atoms with Crippen molar-refractivity contribution in [1.29, 1.82) is 0 Å². The predicted molar refractivity (Wildman–Crippen MR) is 73.0 cm³/mol. The monoisotopic (exact) mass is 285 g/mol. The molecule has 0 aromatic heterocycles. The van der Waals surface area contributed by atoms with Crippen molar-refractivity contribution < 1.29 is 19.5 Å². The number of aliphatic carboxylic acids is 1. The molecule has 114 valence electrons. The molecular formula is C13H23N3O4. The molecule has 0 aromatic carbocycles. The Morgan fingerprint density at radius 2 is 2.15 bits per heavy atom. The second-order valence-electron chi connectivity index (χ2n) is 5.41. The van der Waals surface area contributed by atoms with Gasteiger partial charge in [-0.25, -0.2) is 4.79 Å². The highest BCUT2D eigenvalue weighted by Gasteiger charge is 2.24. The van der Waals surface area contributed by atoms with Crippen molar-refractivity contribution in [1.82, 2.24) is 10.2 Å². The lowest BCUT2D eigenvalue weighted by Gasteiger charge is -2.33. The van der Waals surface area contributed by atoms with Crippen LogP contribution in [-0.4, -0.2) is 47.0 Å². The Balaban J connectivity index is 2.39. The zero-order valence-corrected chi connectivity index (χ0v) is 11.8. The van der Waals surface area contributed by atoms with Crippen molar-refractivity contribution in [3.05, 3.63) is 0 Å². The molecule has 7 nitrogen and oxygen atoms in total. The van der Waals surface area contributed by atoms with E-state index in [2.05, 4.69) is 5.32 Å². The van der Waals surface area contributed by atoms with E-state index in [4.69, 9.17) is 10.8 Å². The number of hydrogen-bond acceptors (Lipinski definition) is 3. The van der Waals surface area contributed by atoms with E-state index in [0.717, 1.165) is 12.8 Å². The molecular weight excluding hydrogens is 262 g/mol. The second-order valence-corrected chi connectivity index (χ2v) is 5.41. The summed E-state index contributed by atoms with van der Waals surface area (Å²) >= 11 is 0. The number of carboxylic acids is 1. The molecule has 1 saturated heterocycles. The van der Waals surface area contributed by atoms with Crippen molar-refractivity contribution in [2.75, 3.05) is 13.1 Å². The van der Waals surface area contributed by atoms with Crippen molar-refractivity contribution >= 4 is 17.9 Å². The SMILES string of the molecule is CC(CC(N)=O)NC(=O)N1CCCC(CCC(=O)O)C1. The second kappa shape index (κ2) is 7.72. The summed E-state index contributed by atoms with van der Waals surface area (Å²) in [5.74, 6) is -1.02. The van der Waals surface area contributed by atoms with Gasteiger partial charge in [0.1, 0.15) is 0 Å². The third-order valence-electron chi connectivity index (χ3n) is 3.45. The zero-order chi connectivity index (χ0) is 15.1. The minimum Gasteiger partial charge on any atom is -0.481 e. The molecule has 2 unspecified atom stereocenters. The van der Waals surface area contributed by atoms with Crippen molar-refractivity contribution in [3.63, 3.8) is 0 Å². The lowest BCUT2D eigenvalue weighted by Crippen LogP contribution is -2.48. The number of nitrogens with zero attached hydrogens (tertiary/aromatic N) is 1. The Kier molecular flexibility index (Phi) is 6.27. The lowest BCUT2D eigenvalue weighted by molar-refractivity contribution is -0.137. The number of hydrogen-bond donors (Lipinski definition) is 3. The van der Waals surface area contributed by atoms with Gasteiger partial charge in [0.15, 0.2) is 0 Å². The minimum absolute atomic E-state index is 0.113. The fourth-order valence-corrected chi connectivity index (χ4v) is 2.47. The van der Waals surface area contributed by atoms with E-state index in [1.165, 1.54) is 0 Å². The van der Waals surface area contributed by atoms with Crippen LogP contribution in [-0.2, 0) is 9.59 Å². The van der Waals surface area contributed by atoms with E-state index in [9.17, 15) is 14.4 Å². The molecule has 20 heavy (non-hydrogen) atoms. The van der Waals surface area contributed by atoms with Crippen molar-refractivity contribution in [2.24, 2.45) is 11.7 Å². The topological polar surface area (TPSA) is 113 Å². The van der Waals surface area contributed by atoms with Gasteiger partial charge in [-0.1, -0.05) is 0 Å². The predicted octanol–water partition coefficient (Wildman–Crippen LogP) is 0.537. The minimum atomic E-state index is -0.804. The van der Waals surface area contributed by atoms with Crippen molar-refractivity contribution in [3.8, 4) is 0 Å². The molecule has 1 fully saturated rings. The number of carbonyl (C=O) groups excluding carboxylic acids is 2. The molecule has 0 saturated carbocycles. The first-order chi connectivity index (χ1) is 9.38. The summed E-state index contributed by atoms with van der Waals surface area (Å²) in [5.41, 5.74) is 5.08. The first-order valence-corrected chi connectivity index (χ1v) is 6.94. The summed E-state index contributed by atoms with van der Waals surface area (Å²) in [6.07, 6.45) is 2.67. The number of urea groups is 1. The summed E-state index contributed by atoms with van der Waals surface area (Å²) in [5, 5.41) is 11.4. The number of amides is 3. The Hall–Kier alpha value is -1.79. The smallest absolute Gasteiger partial charge is 0.317 e. The van der Waals surface area contributed by atoms with Crippen LogP contribution >= 0.6 is 0 Å². The number of primary amides is 1. The van der Waals surface area contributed by atoms with Gasteiger partial charge in [0.25, 0.3) is 0 Å². The number of likely N-dealkylation sites (tertiary alicyclic amines) is 1. The number of nitrogens with one attached hydrogen (secondary N) is 1. The van der Waals surface area contributed by atoms with E-state index in [-0.39, 0.29) is 30.8 Å². The molecule has 0 aromatic rings. The van der Waals surface area contributed by atoms with E-state index in [1.54, 1.807) is 11.8 Å². The van der Waals surface area contributed by atoms with E-state index in [0.29, 0.717) is 19.5 Å². The normalized spacial score (nSPS) is 20.2. The molecule has 4 N–H and O–H groups in total. The largest absolute Gasteiger partial charge is 0.481 e. The highest BCUT2D eigenvalue weighted by molar-refractivity contribution is 5.77. The summed E-state index contributed by atoms with van der Waals surface area (Å²) in [4.78, 5) is 35.0. The maximum absolute atomic E-state index is 12.0. The molecule has 0 radical (unpaired) electrons. The molecule has 3 amide bonds. The zero-order valence-electron chi connectivity index (χ0n) is 11.8. The third-order valence-corrected chi connectivity index (χ3v) is 3.45. The molecule has 0 aliphatic carbocycles. The van der Waals surface area contributed by atoms with Crippen LogP contribution in [0.25, 0.3) is 0 Å². The summed E-state index contributed by atoms with van der Waals surface area (Å²) in [7, 11) is 0. The maximum Gasteiger partial charge on any atom is 0.317 e. The van der Waals surface area contributed by atoms with Crippen LogP contribution in [0.15, 0.2) is 0 Å². The van der Waals surface area contributed by atoms with Crippen LogP contribution in [0.4, 0.5) is 4.79 Å². The van der Waals surface area contributed by atoms with E-state index >= 15 is 0 Å². The number of nitrogens with two attached hydrogens (primary N) is 1. The molecule has 7 heteroatoms. The Morgan fingerprint density at radius 1 is 1.45 bits per heavy atom. The summed E-state index contributed by atoms with van der Waals surface area (Å²) < 4.78 is 0. The molecule has 1 aliphatic rings. The van der Waals surface area contributed by atoms with Gasteiger partial charge in [-0.15, -0.1) is 0 Å². The van der Waals surface area contributed by atoms with Gasteiger partial charge in [0.05, 0.1) is 0 Å². The number of carboxylic acid groups (broad SMARTS) is 1. The highest BCUT2D eigenvalue weighted by atomic mass is 16.4. The Labute approximate surface area is 118 Å². The first-order valence-electron chi connectivity index (χ1n) is 6.94. The van der Waals surface area contributed by atoms with Gasteiger partial charge in [0.2, 0.25) is 5.91 Å². The van der Waals surface area contributed by atoms with Crippen LogP contribution in [0.2, 0.25) is 0 Å². The van der Waals surface area contributed by atoms with Gasteiger partial charge in [-0.2, -0.15) is 0 Å². The van der Waals surface area contributed by atoms with Gasteiger partial charge in [-0.05, 0) is 32.1 Å². The number of piperidine rings is 1. The average Bonchev–Trinajstić information content (AvgIpc) is 2.35. The molecule has 0 spiro atoms. The van der Waals surface area contributed by atoms with Gasteiger partial charge < -0.3 is 21.1 Å². The number of rotatable bonds is 6. The van der Waals surface area contributed by atoms with Crippen LogP contribution in [0.3, 0.4) is 0 Å². The van der Waals surface area contributed by atoms with E-state index < -0.39 is 11.9 Å². The van der Waals surface area contributed by atoms with Crippen molar-refractivity contribution in [2.45, 2.75) is 45.1 Å². The van der Waals surface area contributed by atoms with Crippen LogP contribution in [0.1, 0.15) is 39.0 Å². The average molecular weight is 285 g/mol. The third kappa shape index (κ3) is 5.90. The molecule has 2 atom stereocenters. The number of carbonyl (C=O) groups is 3. The fourth-order valence-electron chi connectivity index (χ4n) is 2.47. The Morgan fingerprint density at radius 3 is 2.75 bits per heavy atom. The van der Waals surface area contributed by atoms with Crippen LogP contribution in [0, 0.1) is 5.92 Å². The van der Waals surface area contributed by atoms with Crippen LogP contribution in [0.5, 0.6) is 0 Å². The quantitative estimate of drug-likeness (QED) is 0.661. The maximum atomic E-state index is 12.0. The molecule has 0 bridgehead atoms. The highest BCUT2D eigenvalue weighted by Crippen LogP contribution is 2.21. The Bertz CT molecular complexity index is 373. The fraction of sp³-hybridized carbons (Fsp3) is 0.769. The summed E-state index contributed by atoms with van der Waals surface area (Å²) in [6.45, 7) is 2.97. The molecule has 1 aliphatic heterocycles. The van der Waals surface area contributed by atoms with Gasteiger partial charge in [-0.3, -0.25) is 9.59 Å². The standard InChI is InChI=1S/C13H23N3O4/c1-9(7-11(14)17)15-13(20)16-6-2-3-10(8-16)4-5-12(18)19/h9-10H,2-8H2,1H3,(H2,14,17)(H,15,20)(H,18,19). The first kappa shape index (κ1) is 16.3. The van der Waals surface area contributed by atoms with Gasteiger partial charge in [0, 0.05) is 32.0 Å². The molecule has 1 heterocycles.